The van der Waals surface area contributed by atoms with E-state index in [1.807, 2.05) is 0 Å². The average Bonchev–Trinajstić information content (AvgIpc) is 2.97. The first kappa shape index (κ1) is 15.9. The maximum Gasteiger partial charge on any atom is 0.266 e. The lowest BCUT2D eigenvalue weighted by molar-refractivity contribution is 0.601. The normalized spacial score (nSPS) is 10.2. The molecule has 2 aromatic heterocycles. The molecule has 11 heteroatoms. The lowest BCUT2D eigenvalue weighted by atomic mass is 10.4. The van der Waals surface area contributed by atoms with Crippen LogP contribution in [0.25, 0.3) is 0 Å². The van der Waals surface area contributed by atoms with Crippen molar-refractivity contribution in [2.24, 2.45) is 12.1 Å². The molecule has 2 heterocycles. The number of nitrogens with one attached hydrogen (secondary N) is 2. The van der Waals surface area contributed by atoms with Crippen molar-refractivity contribution in [2.75, 3.05) is 10.1 Å². The Morgan fingerprint density at radius 2 is 2.04 bits per heavy atom. The highest BCUT2D eigenvalue weighted by atomic mass is 32.2. The molecule has 0 bridgehead atoms. The number of rotatable bonds is 5. The number of hydrazone groups is 1. The second-order valence-electron chi connectivity index (χ2n) is 4.18. The molecule has 0 saturated carbocycles. The molecule has 0 aliphatic heterocycles. The van der Waals surface area contributed by atoms with Gasteiger partial charge in [0, 0.05) is 13.2 Å². The summed E-state index contributed by atoms with van der Waals surface area (Å²) in [5.74, 6) is 0.101. The SMILES string of the molecule is Cn1cc(S(=O)(=O)Nc2ccc(NN=C(C#N)C#N)cn2)cn1. The Labute approximate surface area is 131 Å². The van der Waals surface area contributed by atoms with Crippen LogP contribution in [0.15, 0.2) is 40.7 Å². The number of aromatic nitrogens is 3. The van der Waals surface area contributed by atoms with Crippen molar-refractivity contribution >= 4 is 27.2 Å². The third-order valence-electron chi connectivity index (χ3n) is 2.50. The standard InChI is InChI=1S/C12H10N8O2S/c1-20-8-11(7-16-20)23(21,22)19-12-3-2-9(6-15-12)17-18-10(4-13)5-14/h2-3,6-8,17H,1H3,(H,15,19). The fourth-order valence-corrected chi connectivity index (χ4v) is 2.44. The Hall–Kier alpha value is -3.44. The molecule has 0 amide bonds. The van der Waals surface area contributed by atoms with Crippen LogP contribution in [0, 0.1) is 22.7 Å². The number of anilines is 2. The van der Waals surface area contributed by atoms with Crippen LogP contribution in [0.1, 0.15) is 0 Å². The minimum Gasteiger partial charge on any atom is -0.275 e. The van der Waals surface area contributed by atoms with E-state index in [-0.39, 0.29) is 16.4 Å². The van der Waals surface area contributed by atoms with Crippen molar-refractivity contribution in [3.8, 4) is 12.1 Å². The van der Waals surface area contributed by atoms with Gasteiger partial charge in [-0.15, -0.1) is 0 Å². The van der Waals surface area contributed by atoms with Crippen molar-refractivity contribution in [2.45, 2.75) is 4.90 Å². The Balaban J connectivity index is 2.10. The van der Waals surface area contributed by atoms with Crippen molar-refractivity contribution in [1.82, 2.24) is 14.8 Å². The number of hydrogen-bond acceptors (Lipinski definition) is 8. The minimum atomic E-state index is -3.77. The smallest absolute Gasteiger partial charge is 0.266 e. The second-order valence-corrected chi connectivity index (χ2v) is 5.87. The quantitative estimate of drug-likeness (QED) is 0.596. The van der Waals surface area contributed by atoms with E-state index in [1.54, 1.807) is 19.2 Å². The van der Waals surface area contributed by atoms with E-state index in [9.17, 15) is 8.42 Å². The largest absolute Gasteiger partial charge is 0.275 e. The Kier molecular flexibility index (Phi) is 4.54. The minimum absolute atomic E-state index is 0.0151. The molecule has 0 unspecified atom stereocenters. The molecule has 0 saturated heterocycles. The summed E-state index contributed by atoms with van der Waals surface area (Å²) in [4.78, 5) is 3.93. The van der Waals surface area contributed by atoms with E-state index in [1.165, 1.54) is 35.4 Å². The summed E-state index contributed by atoms with van der Waals surface area (Å²) in [6.07, 6.45) is 3.88. The van der Waals surface area contributed by atoms with E-state index in [0.29, 0.717) is 5.69 Å². The third-order valence-corrected chi connectivity index (χ3v) is 3.81. The van der Waals surface area contributed by atoms with Crippen LogP contribution in [0.5, 0.6) is 0 Å². The Morgan fingerprint density at radius 1 is 1.30 bits per heavy atom. The van der Waals surface area contributed by atoms with Gasteiger partial charge >= 0.3 is 0 Å². The van der Waals surface area contributed by atoms with Gasteiger partial charge < -0.3 is 0 Å². The molecule has 0 fully saturated rings. The van der Waals surface area contributed by atoms with Crippen molar-refractivity contribution in [3.05, 3.63) is 30.7 Å². The number of aryl methyl sites for hydroxylation is 1. The molecule has 0 aliphatic rings. The molecule has 0 spiro atoms. The molecule has 2 aromatic rings. The fraction of sp³-hybridized carbons (Fsp3) is 0.0833. The second kappa shape index (κ2) is 6.55. The van der Waals surface area contributed by atoms with Crippen LogP contribution in [0.2, 0.25) is 0 Å². The lowest BCUT2D eigenvalue weighted by Crippen LogP contribution is -2.13. The first-order chi connectivity index (χ1) is 10.9. The molecule has 0 atom stereocenters. The predicted octanol–water partition coefficient (Wildman–Crippen LogP) is 0.431. The number of hydrogen-bond donors (Lipinski definition) is 2. The van der Waals surface area contributed by atoms with E-state index in [0.717, 1.165) is 0 Å². The van der Waals surface area contributed by atoms with E-state index in [4.69, 9.17) is 10.5 Å². The summed E-state index contributed by atoms with van der Waals surface area (Å²) >= 11 is 0. The molecule has 0 aromatic carbocycles. The predicted molar refractivity (Wildman–Crippen MR) is 80.5 cm³/mol. The average molecular weight is 330 g/mol. The van der Waals surface area contributed by atoms with Crippen LogP contribution in [0.4, 0.5) is 11.5 Å². The fourth-order valence-electron chi connectivity index (χ4n) is 1.45. The lowest BCUT2D eigenvalue weighted by Gasteiger charge is -2.06. The van der Waals surface area contributed by atoms with Gasteiger partial charge in [-0.25, -0.2) is 13.4 Å². The Morgan fingerprint density at radius 3 is 2.57 bits per heavy atom. The number of nitrogens with zero attached hydrogens (tertiary/aromatic N) is 6. The highest BCUT2D eigenvalue weighted by Gasteiger charge is 2.16. The summed E-state index contributed by atoms with van der Waals surface area (Å²) in [5, 5.41) is 24.4. The highest BCUT2D eigenvalue weighted by molar-refractivity contribution is 7.92. The van der Waals surface area contributed by atoms with Crippen molar-refractivity contribution in [3.63, 3.8) is 0 Å². The molecule has 2 N–H and O–H groups in total. The van der Waals surface area contributed by atoms with E-state index < -0.39 is 10.0 Å². The van der Waals surface area contributed by atoms with Gasteiger partial charge in [-0.3, -0.25) is 14.8 Å². The van der Waals surface area contributed by atoms with Gasteiger partial charge in [0.25, 0.3) is 10.0 Å². The van der Waals surface area contributed by atoms with Gasteiger partial charge in [0.05, 0.1) is 18.1 Å². The monoisotopic (exact) mass is 330 g/mol. The molecule has 0 radical (unpaired) electrons. The number of nitriles is 2. The summed E-state index contributed by atoms with van der Waals surface area (Å²) < 4.78 is 27.8. The summed E-state index contributed by atoms with van der Waals surface area (Å²) in [6, 6.07) is 6.08. The first-order valence-corrected chi connectivity index (χ1v) is 7.54. The van der Waals surface area contributed by atoms with Crippen LogP contribution < -0.4 is 10.1 Å². The van der Waals surface area contributed by atoms with Crippen molar-refractivity contribution < 1.29 is 8.42 Å². The molecular weight excluding hydrogens is 320 g/mol. The van der Waals surface area contributed by atoms with Gasteiger partial charge in [-0.1, -0.05) is 0 Å². The molecule has 0 aliphatic carbocycles. The maximum atomic E-state index is 12.1. The number of sulfonamides is 1. The summed E-state index contributed by atoms with van der Waals surface area (Å²) in [5.41, 5.74) is 2.51. The summed E-state index contributed by atoms with van der Waals surface area (Å²) in [7, 11) is -2.16. The molecule has 10 nitrogen and oxygen atoms in total. The van der Waals surface area contributed by atoms with E-state index >= 15 is 0 Å². The van der Waals surface area contributed by atoms with Crippen LogP contribution >= 0.6 is 0 Å². The van der Waals surface area contributed by atoms with Gasteiger partial charge in [0.1, 0.15) is 22.9 Å². The van der Waals surface area contributed by atoms with Crippen LogP contribution in [-0.2, 0) is 17.1 Å². The Bertz CT molecular complexity index is 899. The third kappa shape index (κ3) is 4.03. The van der Waals surface area contributed by atoms with Gasteiger partial charge in [0.15, 0.2) is 0 Å². The zero-order valence-corrected chi connectivity index (χ0v) is 12.6. The maximum absolute atomic E-state index is 12.1. The van der Waals surface area contributed by atoms with Crippen LogP contribution in [-0.4, -0.2) is 28.9 Å². The first-order valence-electron chi connectivity index (χ1n) is 6.06. The molecule has 2 rings (SSSR count). The highest BCUT2D eigenvalue weighted by Crippen LogP contribution is 2.15. The topological polar surface area (TPSA) is 149 Å². The van der Waals surface area contributed by atoms with Crippen molar-refractivity contribution in [1.29, 1.82) is 10.5 Å². The zero-order chi connectivity index (χ0) is 16.9. The van der Waals surface area contributed by atoms with Gasteiger partial charge in [-0.05, 0) is 12.1 Å². The van der Waals surface area contributed by atoms with Crippen LogP contribution in [0.3, 0.4) is 0 Å². The summed E-state index contributed by atoms with van der Waals surface area (Å²) in [6.45, 7) is 0. The molecular formula is C12H10N8O2S. The van der Waals surface area contributed by atoms with Gasteiger partial charge in [0.2, 0.25) is 5.71 Å². The molecule has 116 valence electrons. The molecule has 23 heavy (non-hydrogen) atoms. The van der Waals surface area contributed by atoms with Gasteiger partial charge in [-0.2, -0.15) is 20.7 Å². The number of pyridine rings is 1. The van der Waals surface area contributed by atoms with E-state index in [2.05, 4.69) is 25.3 Å². The zero-order valence-electron chi connectivity index (χ0n) is 11.8.